The minimum atomic E-state index is -0.557. The van der Waals surface area contributed by atoms with E-state index in [2.05, 4.69) is 15.3 Å². The van der Waals surface area contributed by atoms with Crippen molar-refractivity contribution < 1.29 is 9.53 Å². The summed E-state index contributed by atoms with van der Waals surface area (Å²) in [7, 11) is 0. The van der Waals surface area contributed by atoms with Gasteiger partial charge < -0.3 is 10.5 Å². The Hall–Kier alpha value is -1.69. The normalized spacial score (nSPS) is 22.4. The maximum absolute atomic E-state index is 11.5. The molecule has 1 aromatic rings. The van der Waals surface area contributed by atoms with Crippen LogP contribution < -0.4 is 11.1 Å². The number of carbonyl (C=O) groups excluding carboxylic acids is 1. The number of amides is 1. The summed E-state index contributed by atoms with van der Waals surface area (Å²) in [6.45, 7) is 5.39. The van der Waals surface area contributed by atoms with E-state index < -0.39 is 11.7 Å². The molecule has 18 heavy (non-hydrogen) atoms. The van der Waals surface area contributed by atoms with Gasteiger partial charge in [-0.25, -0.2) is 14.8 Å². The molecule has 0 radical (unpaired) electrons. The van der Waals surface area contributed by atoms with Gasteiger partial charge in [0.1, 0.15) is 5.60 Å². The Balaban J connectivity index is 1.92. The van der Waals surface area contributed by atoms with Crippen LogP contribution in [0.2, 0.25) is 0 Å². The molecule has 2 atom stereocenters. The molecule has 1 heterocycles. The zero-order valence-corrected chi connectivity index (χ0v) is 10.8. The monoisotopic (exact) mass is 250 g/mol. The van der Waals surface area contributed by atoms with Crippen molar-refractivity contribution in [3.8, 4) is 0 Å². The fraction of sp³-hybridized carbons (Fsp3) is 0.583. The summed E-state index contributed by atoms with van der Waals surface area (Å²) in [4.78, 5) is 19.6. The first-order valence-electron chi connectivity index (χ1n) is 5.93. The summed E-state index contributed by atoms with van der Waals surface area (Å²) in [6.07, 6.45) is 3.80. The van der Waals surface area contributed by atoms with Crippen LogP contribution in [0.15, 0.2) is 12.4 Å². The average Bonchev–Trinajstić information content (AvgIpc) is 2.93. The van der Waals surface area contributed by atoms with E-state index in [1.165, 1.54) is 0 Å². The van der Waals surface area contributed by atoms with Crippen LogP contribution in [-0.2, 0) is 4.74 Å². The number of rotatable bonds is 2. The summed E-state index contributed by atoms with van der Waals surface area (Å²) in [5.41, 5.74) is 6.22. The molecule has 6 nitrogen and oxygen atoms in total. The molecule has 1 fully saturated rings. The Morgan fingerprint density at radius 3 is 2.44 bits per heavy atom. The first-order valence-corrected chi connectivity index (χ1v) is 5.93. The predicted octanol–water partition coefficient (Wildman–Crippen LogP) is 1.64. The summed E-state index contributed by atoms with van der Waals surface area (Å²) < 4.78 is 5.10. The van der Waals surface area contributed by atoms with E-state index in [0.29, 0.717) is 5.92 Å². The molecule has 0 aromatic carbocycles. The van der Waals surface area contributed by atoms with E-state index in [-0.39, 0.29) is 12.0 Å². The number of hydrogen-bond donors (Lipinski definition) is 2. The lowest BCUT2D eigenvalue weighted by atomic mass is 10.2. The maximum Gasteiger partial charge on any atom is 0.414 e. The molecule has 3 N–H and O–H groups in total. The highest BCUT2D eigenvalue weighted by Crippen LogP contribution is 2.38. The van der Waals surface area contributed by atoms with Crippen LogP contribution in [0.25, 0.3) is 0 Å². The van der Waals surface area contributed by atoms with E-state index in [0.717, 1.165) is 12.0 Å². The van der Waals surface area contributed by atoms with Crippen molar-refractivity contribution in [2.75, 3.05) is 5.32 Å². The number of nitrogens with zero attached hydrogens (tertiary/aromatic N) is 2. The van der Waals surface area contributed by atoms with Gasteiger partial charge in [0, 0.05) is 24.4 Å². The number of carbonyl (C=O) groups is 1. The maximum atomic E-state index is 11.5. The van der Waals surface area contributed by atoms with Crippen LogP contribution in [0.3, 0.4) is 0 Å². The fourth-order valence-electron chi connectivity index (χ4n) is 1.59. The van der Waals surface area contributed by atoms with Crippen molar-refractivity contribution in [1.29, 1.82) is 0 Å². The molecule has 98 valence electrons. The second-order valence-corrected chi connectivity index (χ2v) is 5.47. The molecule has 1 aromatic heterocycles. The minimum absolute atomic E-state index is 0.221. The molecule has 2 unspecified atom stereocenters. The summed E-state index contributed by atoms with van der Waals surface area (Å²) in [6, 6.07) is 0.221. The van der Waals surface area contributed by atoms with Gasteiger partial charge in [0.2, 0.25) is 5.95 Å². The van der Waals surface area contributed by atoms with Crippen LogP contribution in [0.1, 0.15) is 38.7 Å². The molecular formula is C12H18N4O2. The standard InChI is InChI=1S/C12H18N4O2/c1-12(2,3)18-11(17)16-10-14-5-7(6-15-10)8-4-9(8)13/h5-6,8-9H,4,13H2,1-3H3,(H,14,15,16,17). The van der Waals surface area contributed by atoms with Crippen molar-refractivity contribution in [2.45, 2.75) is 44.8 Å². The second kappa shape index (κ2) is 4.53. The van der Waals surface area contributed by atoms with E-state index in [1.807, 2.05) is 0 Å². The quantitative estimate of drug-likeness (QED) is 0.832. The van der Waals surface area contributed by atoms with Crippen molar-refractivity contribution in [3.63, 3.8) is 0 Å². The van der Waals surface area contributed by atoms with Crippen LogP contribution in [-0.4, -0.2) is 27.7 Å². The van der Waals surface area contributed by atoms with Gasteiger partial charge in [-0.1, -0.05) is 0 Å². The molecule has 1 aliphatic rings. The third kappa shape index (κ3) is 3.40. The molecule has 1 saturated carbocycles. The first-order chi connectivity index (χ1) is 8.35. The minimum Gasteiger partial charge on any atom is -0.444 e. The van der Waals surface area contributed by atoms with Gasteiger partial charge in [0.15, 0.2) is 0 Å². The highest BCUT2D eigenvalue weighted by atomic mass is 16.6. The van der Waals surface area contributed by atoms with Gasteiger partial charge in [-0.2, -0.15) is 0 Å². The number of ether oxygens (including phenoxy) is 1. The molecule has 0 saturated heterocycles. The van der Waals surface area contributed by atoms with Gasteiger partial charge >= 0.3 is 6.09 Å². The van der Waals surface area contributed by atoms with Crippen molar-refractivity contribution in [2.24, 2.45) is 5.73 Å². The molecule has 0 spiro atoms. The van der Waals surface area contributed by atoms with Crippen LogP contribution in [0.5, 0.6) is 0 Å². The van der Waals surface area contributed by atoms with E-state index in [1.54, 1.807) is 33.2 Å². The van der Waals surface area contributed by atoms with Gasteiger partial charge in [0.05, 0.1) is 0 Å². The zero-order valence-electron chi connectivity index (χ0n) is 10.8. The molecular weight excluding hydrogens is 232 g/mol. The lowest BCUT2D eigenvalue weighted by Gasteiger charge is -2.19. The number of nitrogens with two attached hydrogens (primary N) is 1. The SMILES string of the molecule is CC(C)(C)OC(=O)Nc1ncc(C2CC2N)cn1. The lowest BCUT2D eigenvalue weighted by Crippen LogP contribution is -2.27. The van der Waals surface area contributed by atoms with Crippen LogP contribution in [0.4, 0.5) is 10.7 Å². The second-order valence-electron chi connectivity index (χ2n) is 5.47. The van der Waals surface area contributed by atoms with Crippen molar-refractivity contribution in [3.05, 3.63) is 18.0 Å². The highest BCUT2D eigenvalue weighted by Gasteiger charge is 2.35. The molecule has 2 rings (SSSR count). The van der Waals surface area contributed by atoms with Crippen molar-refractivity contribution in [1.82, 2.24) is 9.97 Å². The molecule has 6 heteroatoms. The predicted molar refractivity (Wildman–Crippen MR) is 67.2 cm³/mol. The number of aromatic nitrogens is 2. The highest BCUT2D eigenvalue weighted by molar-refractivity contribution is 5.82. The van der Waals surface area contributed by atoms with Crippen molar-refractivity contribution >= 4 is 12.0 Å². The Bertz CT molecular complexity index is 438. The number of nitrogens with one attached hydrogen (secondary N) is 1. The third-order valence-corrected chi connectivity index (χ3v) is 2.55. The number of anilines is 1. The van der Waals surface area contributed by atoms with E-state index >= 15 is 0 Å². The van der Waals surface area contributed by atoms with E-state index in [9.17, 15) is 4.79 Å². The van der Waals surface area contributed by atoms with Gasteiger partial charge in [-0.15, -0.1) is 0 Å². The summed E-state index contributed by atoms with van der Waals surface area (Å²) >= 11 is 0. The topological polar surface area (TPSA) is 90.1 Å². The number of hydrogen-bond acceptors (Lipinski definition) is 5. The fourth-order valence-corrected chi connectivity index (χ4v) is 1.59. The summed E-state index contributed by atoms with van der Waals surface area (Å²) in [5.74, 6) is 0.600. The summed E-state index contributed by atoms with van der Waals surface area (Å²) in [5, 5.41) is 2.48. The first kappa shape index (κ1) is 12.8. The zero-order chi connectivity index (χ0) is 13.3. The molecule has 1 aliphatic carbocycles. The Labute approximate surface area is 106 Å². The largest absolute Gasteiger partial charge is 0.444 e. The smallest absolute Gasteiger partial charge is 0.414 e. The molecule has 0 bridgehead atoms. The molecule has 0 aliphatic heterocycles. The van der Waals surface area contributed by atoms with Gasteiger partial charge in [0.25, 0.3) is 0 Å². The average molecular weight is 250 g/mol. The third-order valence-electron chi connectivity index (χ3n) is 2.55. The Morgan fingerprint density at radius 1 is 1.44 bits per heavy atom. The van der Waals surface area contributed by atoms with E-state index in [4.69, 9.17) is 10.5 Å². The van der Waals surface area contributed by atoms with Crippen LogP contribution >= 0.6 is 0 Å². The Morgan fingerprint density at radius 2 is 2.00 bits per heavy atom. The lowest BCUT2D eigenvalue weighted by molar-refractivity contribution is 0.0634. The molecule has 1 amide bonds. The van der Waals surface area contributed by atoms with Gasteiger partial charge in [-0.05, 0) is 32.8 Å². The van der Waals surface area contributed by atoms with Crippen LogP contribution in [0, 0.1) is 0 Å². The van der Waals surface area contributed by atoms with Gasteiger partial charge in [-0.3, -0.25) is 5.32 Å². The Kier molecular flexibility index (Phi) is 3.21.